The lowest BCUT2D eigenvalue weighted by atomic mass is 10.2. The van der Waals surface area contributed by atoms with Gasteiger partial charge in [0.25, 0.3) is 5.91 Å². The number of carbonyl (C=O) groups is 1. The maximum atomic E-state index is 12.3. The Morgan fingerprint density at radius 1 is 1.22 bits per heavy atom. The van der Waals surface area contributed by atoms with Crippen molar-refractivity contribution < 1.29 is 14.3 Å². The van der Waals surface area contributed by atoms with E-state index in [1.165, 1.54) is 0 Å². The van der Waals surface area contributed by atoms with Crippen molar-refractivity contribution in [3.8, 4) is 0 Å². The van der Waals surface area contributed by atoms with Gasteiger partial charge in [-0.15, -0.1) is 12.6 Å². The molecule has 0 spiro atoms. The first-order chi connectivity index (χ1) is 8.69. The van der Waals surface area contributed by atoms with Crippen LogP contribution in [0.5, 0.6) is 0 Å². The number of ether oxygens (including phenoxy) is 2. The van der Waals surface area contributed by atoms with E-state index in [0.717, 1.165) is 4.90 Å². The lowest BCUT2D eigenvalue weighted by Crippen LogP contribution is -2.36. The zero-order valence-corrected chi connectivity index (χ0v) is 11.7. The van der Waals surface area contributed by atoms with Crippen LogP contribution in [0.1, 0.15) is 10.4 Å². The predicted molar refractivity (Wildman–Crippen MR) is 73.3 cm³/mol. The number of carbonyl (C=O) groups excluding carboxylic acids is 1. The van der Waals surface area contributed by atoms with Crippen molar-refractivity contribution in [2.45, 2.75) is 4.90 Å². The summed E-state index contributed by atoms with van der Waals surface area (Å²) in [5, 5.41) is 0. The van der Waals surface area contributed by atoms with Crippen LogP contribution in [-0.4, -0.2) is 51.3 Å². The third-order valence-corrected chi connectivity index (χ3v) is 2.79. The van der Waals surface area contributed by atoms with Crippen LogP contribution in [0, 0.1) is 0 Å². The maximum Gasteiger partial charge on any atom is 0.254 e. The smallest absolute Gasteiger partial charge is 0.254 e. The SMILES string of the molecule is COCCN(CCOC)C(=O)c1cccc(S)c1. The Morgan fingerprint density at radius 3 is 2.33 bits per heavy atom. The van der Waals surface area contributed by atoms with Gasteiger partial charge in [0, 0.05) is 37.8 Å². The summed E-state index contributed by atoms with van der Waals surface area (Å²) in [5.74, 6) is -0.0278. The summed E-state index contributed by atoms with van der Waals surface area (Å²) in [6, 6.07) is 7.21. The number of benzene rings is 1. The molecule has 0 aliphatic heterocycles. The molecule has 0 saturated carbocycles. The minimum atomic E-state index is -0.0278. The van der Waals surface area contributed by atoms with Gasteiger partial charge in [-0.3, -0.25) is 4.79 Å². The molecule has 100 valence electrons. The van der Waals surface area contributed by atoms with Gasteiger partial charge in [0.15, 0.2) is 0 Å². The molecule has 18 heavy (non-hydrogen) atoms. The van der Waals surface area contributed by atoms with Crippen molar-refractivity contribution in [3.63, 3.8) is 0 Å². The van der Waals surface area contributed by atoms with E-state index in [9.17, 15) is 4.79 Å². The molecule has 0 aromatic heterocycles. The molecule has 0 saturated heterocycles. The molecule has 1 amide bonds. The van der Waals surface area contributed by atoms with Gasteiger partial charge < -0.3 is 14.4 Å². The summed E-state index contributed by atoms with van der Waals surface area (Å²) in [6.07, 6.45) is 0. The first-order valence-electron chi connectivity index (χ1n) is 5.75. The van der Waals surface area contributed by atoms with Crippen LogP contribution >= 0.6 is 12.6 Å². The Hall–Kier alpha value is -1.04. The number of methoxy groups -OCH3 is 2. The maximum absolute atomic E-state index is 12.3. The molecule has 1 aromatic carbocycles. The second-order valence-corrected chi connectivity index (χ2v) is 4.34. The Kier molecular flexibility index (Phi) is 6.78. The first-order valence-corrected chi connectivity index (χ1v) is 6.20. The van der Waals surface area contributed by atoms with Crippen molar-refractivity contribution >= 4 is 18.5 Å². The lowest BCUT2D eigenvalue weighted by molar-refractivity contribution is 0.0627. The fourth-order valence-corrected chi connectivity index (χ4v) is 1.76. The van der Waals surface area contributed by atoms with Crippen LogP contribution in [0.4, 0.5) is 0 Å². The van der Waals surface area contributed by atoms with Crippen LogP contribution in [0.3, 0.4) is 0 Å². The molecule has 0 heterocycles. The quantitative estimate of drug-likeness (QED) is 0.766. The Morgan fingerprint density at radius 2 is 1.83 bits per heavy atom. The first kappa shape index (κ1) is 15.0. The molecule has 0 N–H and O–H groups in total. The molecule has 0 unspecified atom stereocenters. The third-order valence-electron chi connectivity index (χ3n) is 2.51. The van der Waals surface area contributed by atoms with Crippen LogP contribution in [0.2, 0.25) is 0 Å². The number of amides is 1. The largest absolute Gasteiger partial charge is 0.383 e. The predicted octanol–water partition coefficient (Wildman–Crippen LogP) is 1.71. The van der Waals surface area contributed by atoms with E-state index in [-0.39, 0.29) is 5.91 Å². The normalized spacial score (nSPS) is 10.4. The van der Waals surface area contributed by atoms with E-state index >= 15 is 0 Å². The molecule has 5 heteroatoms. The van der Waals surface area contributed by atoms with E-state index in [2.05, 4.69) is 12.6 Å². The highest BCUT2D eigenvalue weighted by Crippen LogP contribution is 2.11. The van der Waals surface area contributed by atoms with Gasteiger partial charge in [0.1, 0.15) is 0 Å². The van der Waals surface area contributed by atoms with Crippen LogP contribution in [-0.2, 0) is 9.47 Å². The molecule has 4 nitrogen and oxygen atoms in total. The van der Waals surface area contributed by atoms with Gasteiger partial charge in [0.2, 0.25) is 0 Å². The Balaban J connectivity index is 2.73. The average Bonchev–Trinajstić information content (AvgIpc) is 2.38. The molecule has 0 radical (unpaired) electrons. The van der Waals surface area contributed by atoms with Gasteiger partial charge in [0.05, 0.1) is 13.2 Å². The molecule has 1 aromatic rings. The summed E-state index contributed by atoms with van der Waals surface area (Å²) in [6.45, 7) is 2.12. The zero-order valence-electron chi connectivity index (χ0n) is 10.8. The van der Waals surface area contributed by atoms with E-state index < -0.39 is 0 Å². The van der Waals surface area contributed by atoms with Crippen LogP contribution < -0.4 is 0 Å². The summed E-state index contributed by atoms with van der Waals surface area (Å²) in [7, 11) is 3.24. The fraction of sp³-hybridized carbons (Fsp3) is 0.462. The molecule has 0 atom stereocenters. The summed E-state index contributed by atoms with van der Waals surface area (Å²) >= 11 is 4.24. The molecule has 0 fully saturated rings. The van der Waals surface area contributed by atoms with Crippen LogP contribution in [0.15, 0.2) is 29.2 Å². The van der Waals surface area contributed by atoms with Crippen LogP contribution in [0.25, 0.3) is 0 Å². The molecular formula is C13H19NO3S. The number of hydrogen-bond acceptors (Lipinski definition) is 4. The minimum Gasteiger partial charge on any atom is -0.383 e. The second kappa shape index (κ2) is 8.13. The van der Waals surface area contributed by atoms with Crippen molar-refractivity contribution in [1.29, 1.82) is 0 Å². The topological polar surface area (TPSA) is 38.8 Å². The molecule has 0 bridgehead atoms. The number of rotatable bonds is 7. The van der Waals surface area contributed by atoms with Crippen molar-refractivity contribution in [2.75, 3.05) is 40.5 Å². The van der Waals surface area contributed by atoms with Gasteiger partial charge in [-0.1, -0.05) is 6.07 Å². The van der Waals surface area contributed by atoms with E-state index in [0.29, 0.717) is 31.9 Å². The summed E-state index contributed by atoms with van der Waals surface area (Å²) in [5.41, 5.74) is 0.634. The third kappa shape index (κ3) is 4.68. The highest BCUT2D eigenvalue weighted by molar-refractivity contribution is 7.80. The van der Waals surface area contributed by atoms with E-state index in [1.807, 2.05) is 12.1 Å². The highest BCUT2D eigenvalue weighted by Gasteiger charge is 2.15. The Labute approximate surface area is 113 Å². The molecular weight excluding hydrogens is 250 g/mol. The molecule has 0 aliphatic carbocycles. The van der Waals surface area contributed by atoms with E-state index in [1.54, 1.807) is 31.3 Å². The Bertz CT molecular complexity index is 376. The monoisotopic (exact) mass is 269 g/mol. The summed E-state index contributed by atoms with van der Waals surface area (Å²) < 4.78 is 10.0. The molecule has 1 rings (SSSR count). The summed E-state index contributed by atoms with van der Waals surface area (Å²) in [4.78, 5) is 14.8. The van der Waals surface area contributed by atoms with E-state index in [4.69, 9.17) is 9.47 Å². The lowest BCUT2D eigenvalue weighted by Gasteiger charge is -2.22. The van der Waals surface area contributed by atoms with Gasteiger partial charge >= 0.3 is 0 Å². The number of thiol groups is 1. The second-order valence-electron chi connectivity index (χ2n) is 3.83. The fourth-order valence-electron chi connectivity index (χ4n) is 1.54. The van der Waals surface area contributed by atoms with Gasteiger partial charge in [-0.2, -0.15) is 0 Å². The highest BCUT2D eigenvalue weighted by atomic mass is 32.1. The number of nitrogens with zero attached hydrogens (tertiary/aromatic N) is 1. The minimum absolute atomic E-state index is 0.0278. The van der Waals surface area contributed by atoms with Gasteiger partial charge in [-0.05, 0) is 18.2 Å². The number of hydrogen-bond donors (Lipinski definition) is 1. The van der Waals surface area contributed by atoms with Crippen molar-refractivity contribution in [2.24, 2.45) is 0 Å². The van der Waals surface area contributed by atoms with Crippen molar-refractivity contribution in [3.05, 3.63) is 29.8 Å². The zero-order chi connectivity index (χ0) is 13.4. The average molecular weight is 269 g/mol. The van der Waals surface area contributed by atoms with Crippen molar-refractivity contribution in [1.82, 2.24) is 4.90 Å². The van der Waals surface area contributed by atoms with Gasteiger partial charge in [-0.25, -0.2) is 0 Å². The standard InChI is InChI=1S/C13H19NO3S/c1-16-8-6-14(7-9-17-2)13(15)11-4-3-5-12(18)10-11/h3-5,10,18H,6-9H2,1-2H3. The molecule has 0 aliphatic rings.